The van der Waals surface area contributed by atoms with E-state index in [1.807, 2.05) is 6.07 Å². The largest absolute Gasteiger partial charge is 0.495 e. The number of benzene rings is 1. The minimum Gasteiger partial charge on any atom is -0.495 e. The molecule has 0 radical (unpaired) electrons. The standard InChI is InChI=1S/C15H25N3O/c1-12-3-4-15(19-2)14(11-12)17-13-5-8-18(9-6-13)10-7-16/h3-4,11,13,17H,5-10,16H2,1-2H3. The highest BCUT2D eigenvalue weighted by Crippen LogP contribution is 2.27. The summed E-state index contributed by atoms with van der Waals surface area (Å²) in [5, 5.41) is 3.62. The molecule has 4 nitrogen and oxygen atoms in total. The summed E-state index contributed by atoms with van der Waals surface area (Å²) in [5.41, 5.74) is 7.96. The van der Waals surface area contributed by atoms with E-state index in [1.165, 1.54) is 5.56 Å². The molecule has 0 unspecified atom stereocenters. The molecule has 0 amide bonds. The van der Waals surface area contributed by atoms with Crippen LogP contribution in [0.3, 0.4) is 0 Å². The van der Waals surface area contributed by atoms with Crippen molar-refractivity contribution in [2.45, 2.75) is 25.8 Å². The molecule has 2 rings (SSSR count). The van der Waals surface area contributed by atoms with Gasteiger partial charge >= 0.3 is 0 Å². The second-order valence-electron chi connectivity index (χ2n) is 5.25. The summed E-state index contributed by atoms with van der Waals surface area (Å²) in [7, 11) is 1.72. The maximum absolute atomic E-state index is 5.60. The number of rotatable bonds is 5. The van der Waals surface area contributed by atoms with Crippen LogP contribution >= 0.6 is 0 Å². The van der Waals surface area contributed by atoms with E-state index in [0.29, 0.717) is 6.04 Å². The normalized spacial score (nSPS) is 17.4. The van der Waals surface area contributed by atoms with Crippen LogP contribution in [0.2, 0.25) is 0 Å². The first-order chi connectivity index (χ1) is 9.22. The van der Waals surface area contributed by atoms with Crippen LogP contribution in [0.25, 0.3) is 0 Å². The summed E-state index contributed by atoms with van der Waals surface area (Å²) in [6, 6.07) is 6.80. The van der Waals surface area contributed by atoms with E-state index in [0.717, 1.165) is 50.5 Å². The summed E-state index contributed by atoms with van der Waals surface area (Å²) >= 11 is 0. The van der Waals surface area contributed by atoms with Crippen molar-refractivity contribution < 1.29 is 4.74 Å². The topological polar surface area (TPSA) is 50.5 Å². The number of hydrogen-bond donors (Lipinski definition) is 2. The molecule has 0 aliphatic carbocycles. The molecule has 1 aliphatic heterocycles. The molecule has 0 spiro atoms. The Bertz CT molecular complexity index is 400. The number of nitrogens with one attached hydrogen (secondary N) is 1. The number of piperidine rings is 1. The summed E-state index contributed by atoms with van der Waals surface area (Å²) in [6.45, 7) is 6.13. The van der Waals surface area contributed by atoms with Crippen molar-refractivity contribution in [3.63, 3.8) is 0 Å². The van der Waals surface area contributed by atoms with E-state index < -0.39 is 0 Å². The molecule has 1 fully saturated rings. The number of anilines is 1. The quantitative estimate of drug-likeness (QED) is 0.851. The third-order valence-corrected chi connectivity index (χ3v) is 3.75. The van der Waals surface area contributed by atoms with Crippen molar-refractivity contribution in [1.82, 2.24) is 4.90 Å². The van der Waals surface area contributed by atoms with Crippen LogP contribution in [-0.4, -0.2) is 44.2 Å². The molecule has 0 atom stereocenters. The van der Waals surface area contributed by atoms with Crippen LogP contribution in [0.1, 0.15) is 18.4 Å². The molecule has 0 saturated carbocycles. The first-order valence-electron chi connectivity index (χ1n) is 7.06. The van der Waals surface area contributed by atoms with Gasteiger partial charge in [-0.2, -0.15) is 0 Å². The maximum atomic E-state index is 5.60. The number of methoxy groups -OCH3 is 1. The Hall–Kier alpha value is -1.26. The first-order valence-corrected chi connectivity index (χ1v) is 7.06. The Morgan fingerprint density at radius 3 is 2.74 bits per heavy atom. The van der Waals surface area contributed by atoms with Gasteiger partial charge in [-0.1, -0.05) is 6.07 Å². The molecule has 3 N–H and O–H groups in total. The fourth-order valence-corrected chi connectivity index (χ4v) is 2.64. The van der Waals surface area contributed by atoms with Crippen LogP contribution in [0.15, 0.2) is 18.2 Å². The second kappa shape index (κ2) is 6.78. The van der Waals surface area contributed by atoms with Gasteiger partial charge in [-0.15, -0.1) is 0 Å². The molecule has 1 aliphatic rings. The predicted molar refractivity (Wildman–Crippen MR) is 79.9 cm³/mol. The Labute approximate surface area is 115 Å². The van der Waals surface area contributed by atoms with E-state index in [2.05, 4.69) is 29.3 Å². The maximum Gasteiger partial charge on any atom is 0.141 e. The molecular formula is C15H25N3O. The van der Waals surface area contributed by atoms with Gasteiger partial charge in [0.1, 0.15) is 5.75 Å². The van der Waals surface area contributed by atoms with Gasteiger partial charge in [0.2, 0.25) is 0 Å². The Morgan fingerprint density at radius 1 is 1.37 bits per heavy atom. The zero-order valence-corrected chi connectivity index (χ0v) is 12.0. The molecule has 0 aromatic heterocycles. The van der Waals surface area contributed by atoms with Gasteiger partial charge in [-0.3, -0.25) is 0 Å². The molecule has 1 aromatic carbocycles. The highest BCUT2D eigenvalue weighted by Gasteiger charge is 2.19. The number of ether oxygens (including phenoxy) is 1. The summed E-state index contributed by atoms with van der Waals surface area (Å²) in [6.07, 6.45) is 2.33. The van der Waals surface area contributed by atoms with Gasteiger partial charge in [0, 0.05) is 32.2 Å². The third-order valence-electron chi connectivity index (χ3n) is 3.75. The highest BCUT2D eigenvalue weighted by molar-refractivity contribution is 5.58. The zero-order chi connectivity index (χ0) is 13.7. The molecule has 1 aromatic rings. The fraction of sp³-hybridized carbons (Fsp3) is 0.600. The average molecular weight is 263 g/mol. The number of likely N-dealkylation sites (tertiary alicyclic amines) is 1. The van der Waals surface area contributed by atoms with Crippen molar-refractivity contribution in [1.29, 1.82) is 0 Å². The lowest BCUT2D eigenvalue weighted by atomic mass is 10.0. The zero-order valence-electron chi connectivity index (χ0n) is 12.0. The van der Waals surface area contributed by atoms with E-state index in [4.69, 9.17) is 10.5 Å². The van der Waals surface area contributed by atoms with E-state index in [1.54, 1.807) is 7.11 Å². The number of nitrogens with zero attached hydrogens (tertiary/aromatic N) is 1. The van der Waals surface area contributed by atoms with Gasteiger partial charge in [0.05, 0.1) is 12.8 Å². The second-order valence-corrected chi connectivity index (χ2v) is 5.25. The summed E-state index contributed by atoms with van der Waals surface area (Å²) in [5.74, 6) is 0.926. The number of aryl methyl sites for hydroxylation is 1. The molecule has 19 heavy (non-hydrogen) atoms. The lowest BCUT2D eigenvalue weighted by Crippen LogP contribution is -2.41. The minimum absolute atomic E-state index is 0.532. The van der Waals surface area contributed by atoms with E-state index in [-0.39, 0.29) is 0 Å². The molecule has 1 saturated heterocycles. The minimum atomic E-state index is 0.532. The highest BCUT2D eigenvalue weighted by atomic mass is 16.5. The molecule has 4 heteroatoms. The van der Waals surface area contributed by atoms with Crippen LogP contribution in [0.4, 0.5) is 5.69 Å². The molecule has 1 heterocycles. The average Bonchev–Trinajstić information content (AvgIpc) is 2.42. The van der Waals surface area contributed by atoms with Crippen LogP contribution < -0.4 is 15.8 Å². The van der Waals surface area contributed by atoms with Gasteiger partial charge in [0.15, 0.2) is 0 Å². The molecular weight excluding hydrogens is 238 g/mol. The van der Waals surface area contributed by atoms with Gasteiger partial charge in [-0.05, 0) is 37.5 Å². The Balaban J connectivity index is 1.93. The van der Waals surface area contributed by atoms with Gasteiger partial charge < -0.3 is 20.7 Å². The van der Waals surface area contributed by atoms with Gasteiger partial charge in [0.25, 0.3) is 0 Å². The SMILES string of the molecule is COc1ccc(C)cc1NC1CCN(CCN)CC1. The predicted octanol–water partition coefficient (Wildman–Crippen LogP) is 1.84. The Morgan fingerprint density at radius 2 is 2.11 bits per heavy atom. The number of hydrogen-bond acceptors (Lipinski definition) is 4. The van der Waals surface area contributed by atoms with Crippen molar-refractivity contribution in [3.05, 3.63) is 23.8 Å². The molecule has 106 valence electrons. The lowest BCUT2D eigenvalue weighted by molar-refractivity contribution is 0.224. The fourth-order valence-electron chi connectivity index (χ4n) is 2.64. The van der Waals surface area contributed by atoms with E-state index in [9.17, 15) is 0 Å². The van der Waals surface area contributed by atoms with Crippen LogP contribution in [0, 0.1) is 6.92 Å². The van der Waals surface area contributed by atoms with E-state index >= 15 is 0 Å². The lowest BCUT2D eigenvalue weighted by Gasteiger charge is -2.32. The summed E-state index contributed by atoms with van der Waals surface area (Å²) < 4.78 is 5.41. The smallest absolute Gasteiger partial charge is 0.141 e. The van der Waals surface area contributed by atoms with Crippen molar-refractivity contribution >= 4 is 5.69 Å². The van der Waals surface area contributed by atoms with Crippen molar-refractivity contribution in [3.8, 4) is 5.75 Å². The summed E-state index contributed by atoms with van der Waals surface area (Å²) in [4.78, 5) is 2.44. The monoisotopic (exact) mass is 263 g/mol. The Kier molecular flexibility index (Phi) is 5.05. The molecule has 0 bridgehead atoms. The first kappa shape index (κ1) is 14.2. The van der Waals surface area contributed by atoms with Crippen LogP contribution in [0.5, 0.6) is 5.75 Å². The van der Waals surface area contributed by atoms with Gasteiger partial charge in [-0.25, -0.2) is 0 Å². The number of nitrogens with two attached hydrogens (primary N) is 1. The van der Waals surface area contributed by atoms with Crippen LogP contribution in [-0.2, 0) is 0 Å². The van der Waals surface area contributed by atoms with Crippen molar-refractivity contribution in [2.24, 2.45) is 5.73 Å². The third kappa shape index (κ3) is 3.85. The van der Waals surface area contributed by atoms with Crippen molar-refractivity contribution in [2.75, 3.05) is 38.6 Å².